The van der Waals surface area contributed by atoms with Crippen molar-refractivity contribution >= 4 is 5.97 Å². The van der Waals surface area contributed by atoms with E-state index in [2.05, 4.69) is 24.8 Å². The van der Waals surface area contributed by atoms with Crippen LogP contribution in [-0.4, -0.2) is 17.7 Å². The molecule has 3 nitrogen and oxygen atoms in total. The Morgan fingerprint density at radius 2 is 1.95 bits per heavy atom. The molecule has 3 heteroatoms. The highest BCUT2D eigenvalue weighted by Crippen LogP contribution is 2.25. The Kier molecular flexibility index (Phi) is 5.50. The number of hydrogen-bond acceptors (Lipinski definition) is 3. The molecule has 114 valence electrons. The third-order valence-electron chi connectivity index (χ3n) is 3.49. The first-order valence-electron chi connectivity index (χ1n) is 7.23. The van der Waals surface area contributed by atoms with Gasteiger partial charge in [0.2, 0.25) is 0 Å². The van der Waals surface area contributed by atoms with Gasteiger partial charge in [0, 0.05) is 12.5 Å². The van der Waals surface area contributed by atoms with Crippen LogP contribution in [0.1, 0.15) is 16.7 Å². The number of carbonyl (C=O) groups excluding carboxylic acids is 1. The van der Waals surface area contributed by atoms with Crippen molar-refractivity contribution in [1.82, 2.24) is 0 Å². The Morgan fingerprint density at radius 1 is 1.23 bits per heavy atom. The number of benzene rings is 2. The van der Waals surface area contributed by atoms with Crippen LogP contribution in [0.4, 0.5) is 0 Å². The molecule has 0 aliphatic rings. The average molecular weight is 296 g/mol. The highest BCUT2D eigenvalue weighted by Gasteiger charge is 2.07. The van der Waals surface area contributed by atoms with Crippen molar-refractivity contribution in [2.45, 2.75) is 20.0 Å². The maximum absolute atomic E-state index is 11.1. The molecule has 2 aromatic carbocycles. The predicted molar refractivity (Wildman–Crippen MR) is 87.4 cm³/mol. The van der Waals surface area contributed by atoms with Crippen molar-refractivity contribution in [3.05, 3.63) is 71.8 Å². The molecule has 0 atom stereocenters. The number of carbonyl (C=O) groups is 1. The standard InChI is InChI=1S/C19H20O3/c1-3-19(21)22-11-10-17-12-14(2)4-9-18(17)16-7-5-15(13-20)6-8-16/h3-9,12,20H,1,10-11,13H2,2H3. The molecule has 0 radical (unpaired) electrons. The summed E-state index contributed by atoms with van der Waals surface area (Å²) in [4.78, 5) is 11.1. The van der Waals surface area contributed by atoms with Gasteiger partial charge >= 0.3 is 5.97 Å². The number of esters is 1. The van der Waals surface area contributed by atoms with Crippen LogP contribution in [0.25, 0.3) is 11.1 Å². The zero-order valence-electron chi connectivity index (χ0n) is 12.7. The smallest absolute Gasteiger partial charge is 0.330 e. The lowest BCUT2D eigenvalue weighted by Crippen LogP contribution is -2.05. The molecule has 0 heterocycles. The number of aryl methyl sites for hydroxylation is 1. The molecule has 22 heavy (non-hydrogen) atoms. The van der Waals surface area contributed by atoms with E-state index in [1.54, 1.807) is 0 Å². The average Bonchev–Trinajstić information content (AvgIpc) is 2.55. The first kappa shape index (κ1) is 16.0. The predicted octanol–water partition coefficient (Wildman–Crippen LogP) is 3.43. The molecule has 0 aliphatic carbocycles. The van der Waals surface area contributed by atoms with Crippen molar-refractivity contribution in [1.29, 1.82) is 0 Å². The van der Waals surface area contributed by atoms with Crippen LogP contribution in [-0.2, 0) is 22.6 Å². The van der Waals surface area contributed by atoms with Gasteiger partial charge in [-0.2, -0.15) is 0 Å². The van der Waals surface area contributed by atoms with Gasteiger partial charge in [0.05, 0.1) is 13.2 Å². The van der Waals surface area contributed by atoms with Crippen molar-refractivity contribution in [2.75, 3.05) is 6.61 Å². The molecule has 2 rings (SSSR count). The van der Waals surface area contributed by atoms with Crippen LogP contribution < -0.4 is 0 Å². The largest absolute Gasteiger partial charge is 0.462 e. The molecular weight excluding hydrogens is 276 g/mol. The Balaban J connectivity index is 2.22. The molecule has 2 aromatic rings. The van der Waals surface area contributed by atoms with E-state index in [0.717, 1.165) is 22.3 Å². The molecule has 0 saturated heterocycles. The van der Waals surface area contributed by atoms with Gasteiger partial charge in [0.1, 0.15) is 0 Å². The highest BCUT2D eigenvalue weighted by atomic mass is 16.5. The van der Waals surface area contributed by atoms with Gasteiger partial charge in [-0.05, 0) is 29.2 Å². The van der Waals surface area contributed by atoms with E-state index < -0.39 is 5.97 Å². The second kappa shape index (κ2) is 7.57. The van der Waals surface area contributed by atoms with E-state index in [9.17, 15) is 4.79 Å². The second-order valence-corrected chi connectivity index (χ2v) is 5.14. The summed E-state index contributed by atoms with van der Waals surface area (Å²) in [6.07, 6.45) is 1.82. The minimum atomic E-state index is -0.401. The zero-order valence-corrected chi connectivity index (χ0v) is 12.7. The normalized spacial score (nSPS) is 10.3. The van der Waals surface area contributed by atoms with E-state index in [-0.39, 0.29) is 6.61 Å². The van der Waals surface area contributed by atoms with E-state index in [0.29, 0.717) is 13.0 Å². The zero-order chi connectivity index (χ0) is 15.9. The van der Waals surface area contributed by atoms with Gasteiger partial charge in [0.25, 0.3) is 0 Å². The number of rotatable bonds is 6. The maximum atomic E-state index is 11.1. The van der Waals surface area contributed by atoms with Gasteiger partial charge < -0.3 is 9.84 Å². The molecule has 1 N–H and O–H groups in total. The van der Waals surface area contributed by atoms with Crippen LogP contribution in [0.15, 0.2) is 55.1 Å². The lowest BCUT2D eigenvalue weighted by atomic mass is 9.95. The lowest BCUT2D eigenvalue weighted by Gasteiger charge is -2.12. The Hall–Kier alpha value is -2.39. The van der Waals surface area contributed by atoms with Gasteiger partial charge in [-0.1, -0.05) is 54.6 Å². The monoisotopic (exact) mass is 296 g/mol. The molecule has 0 bridgehead atoms. The van der Waals surface area contributed by atoms with Crippen molar-refractivity contribution in [3.63, 3.8) is 0 Å². The van der Waals surface area contributed by atoms with Crippen LogP contribution in [0.2, 0.25) is 0 Å². The molecule has 0 aromatic heterocycles. The topological polar surface area (TPSA) is 46.5 Å². The first-order chi connectivity index (χ1) is 10.6. The Labute approximate surface area is 130 Å². The highest BCUT2D eigenvalue weighted by molar-refractivity contribution is 5.81. The minimum absolute atomic E-state index is 0.0402. The molecule has 0 aliphatic heterocycles. The van der Waals surface area contributed by atoms with Crippen LogP contribution in [0, 0.1) is 6.92 Å². The number of hydrogen-bond donors (Lipinski definition) is 1. The van der Waals surface area contributed by atoms with E-state index >= 15 is 0 Å². The summed E-state index contributed by atoms with van der Waals surface area (Å²) < 4.78 is 5.07. The fourth-order valence-corrected chi connectivity index (χ4v) is 2.32. The van der Waals surface area contributed by atoms with Crippen LogP contribution in [0.5, 0.6) is 0 Å². The van der Waals surface area contributed by atoms with Crippen molar-refractivity contribution in [2.24, 2.45) is 0 Å². The second-order valence-electron chi connectivity index (χ2n) is 5.14. The molecule has 0 amide bonds. The van der Waals surface area contributed by atoms with E-state index in [1.165, 1.54) is 11.6 Å². The molecule has 0 unspecified atom stereocenters. The number of ether oxygens (including phenoxy) is 1. The van der Waals surface area contributed by atoms with Crippen molar-refractivity contribution < 1.29 is 14.6 Å². The summed E-state index contributed by atoms with van der Waals surface area (Å²) in [7, 11) is 0. The van der Waals surface area contributed by atoms with Crippen molar-refractivity contribution in [3.8, 4) is 11.1 Å². The van der Waals surface area contributed by atoms with Crippen LogP contribution >= 0.6 is 0 Å². The molecular formula is C19H20O3. The summed E-state index contributed by atoms with van der Waals surface area (Å²) in [6, 6.07) is 14.1. The van der Waals surface area contributed by atoms with Gasteiger partial charge in [0.15, 0.2) is 0 Å². The fourth-order valence-electron chi connectivity index (χ4n) is 2.32. The van der Waals surface area contributed by atoms with Gasteiger partial charge in [-0.15, -0.1) is 0 Å². The quantitative estimate of drug-likeness (QED) is 0.656. The van der Waals surface area contributed by atoms with Gasteiger partial charge in [-0.25, -0.2) is 4.79 Å². The third-order valence-corrected chi connectivity index (χ3v) is 3.49. The Bertz CT molecular complexity index is 657. The first-order valence-corrected chi connectivity index (χ1v) is 7.23. The van der Waals surface area contributed by atoms with Crippen LogP contribution in [0.3, 0.4) is 0 Å². The summed E-state index contributed by atoms with van der Waals surface area (Å²) in [5, 5.41) is 9.13. The fraction of sp³-hybridized carbons (Fsp3) is 0.211. The summed E-state index contributed by atoms with van der Waals surface area (Å²) in [5.41, 5.74) is 5.39. The third kappa shape index (κ3) is 4.06. The summed E-state index contributed by atoms with van der Waals surface area (Å²) in [5.74, 6) is -0.401. The number of aliphatic hydroxyl groups is 1. The SMILES string of the molecule is C=CC(=O)OCCc1cc(C)ccc1-c1ccc(CO)cc1. The number of aliphatic hydroxyl groups excluding tert-OH is 1. The summed E-state index contributed by atoms with van der Waals surface area (Å²) >= 11 is 0. The molecule has 0 saturated carbocycles. The van der Waals surface area contributed by atoms with Gasteiger partial charge in [-0.3, -0.25) is 0 Å². The summed E-state index contributed by atoms with van der Waals surface area (Å²) in [6.45, 7) is 5.80. The maximum Gasteiger partial charge on any atom is 0.330 e. The van der Waals surface area contributed by atoms with E-state index in [4.69, 9.17) is 9.84 Å². The Morgan fingerprint density at radius 3 is 2.59 bits per heavy atom. The minimum Gasteiger partial charge on any atom is -0.462 e. The molecule has 0 fully saturated rings. The molecule has 0 spiro atoms. The lowest BCUT2D eigenvalue weighted by molar-refractivity contribution is -0.137. The van der Waals surface area contributed by atoms with E-state index in [1.807, 2.05) is 31.2 Å².